The van der Waals surface area contributed by atoms with Gasteiger partial charge >= 0.3 is 0 Å². The Morgan fingerprint density at radius 2 is 2.29 bits per heavy atom. The maximum absolute atomic E-state index is 12.5. The van der Waals surface area contributed by atoms with E-state index in [1.165, 1.54) is 5.56 Å². The van der Waals surface area contributed by atoms with Gasteiger partial charge in [0.15, 0.2) is 0 Å². The van der Waals surface area contributed by atoms with E-state index >= 15 is 0 Å². The number of aryl methyl sites for hydroxylation is 1. The predicted molar refractivity (Wildman–Crippen MR) is 93.0 cm³/mol. The molecule has 0 spiro atoms. The molecular formula is C16H24BrClN2O. The number of nitrogens with one attached hydrogen (secondary N) is 1. The quantitative estimate of drug-likeness (QED) is 0.826. The first kappa shape index (κ1) is 18.5. The summed E-state index contributed by atoms with van der Waals surface area (Å²) in [5.41, 5.74) is 1.22. The van der Waals surface area contributed by atoms with E-state index < -0.39 is 0 Å². The highest BCUT2D eigenvalue weighted by Gasteiger charge is 2.25. The fourth-order valence-electron chi connectivity index (χ4n) is 2.74. The van der Waals surface area contributed by atoms with Gasteiger partial charge in [0.2, 0.25) is 5.91 Å². The molecule has 1 saturated heterocycles. The third-order valence-electron chi connectivity index (χ3n) is 3.78. The first-order valence-corrected chi connectivity index (χ1v) is 8.24. The van der Waals surface area contributed by atoms with Crippen LogP contribution in [0.3, 0.4) is 0 Å². The van der Waals surface area contributed by atoms with Gasteiger partial charge in [0.1, 0.15) is 0 Å². The standard InChI is InChI=1S/C16H23BrN2O.ClH/c1-2-10-19(15-8-9-18-12-15)16(20)7-6-13-4-3-5-14(17)11-13;/h3-5,11,15,18H,2,6-10,12H2,1H3;1H. The fraction of sp³-hybridized carbons (Fsp3) is 0.562. The minimum atomic E-state index is 0. The van der Waals surface area contributed by atoms with E-state index in [-0.39, 0.29) is 12.4 Å². The largest absolute Gasteiger partial charge is 0.338 e. The van der Waals surface area contributed by atoms with Gasteiger partial charge in [-0.25, -0.2) is 0 Å². The summed E-state index contributed by atoms with van der Waals surface area (Å²) in [6.45, 7) is 4.99. The molecule has 1 aromatic carbocycles. The zero-order valence-corrected chi connectivity index (χ0v) is 14.9. The Morgan fingerprint density at radius 1 is 1.48 bits per heavy atom. The fourth-order valence-corrected chi connectivity index (χ4v) is 3.19. The van der Waals surface area contributed by atoms with Crippen LogP contribution < -0.4 is 5.32 Å². The van der Waals surface area contributed by atoms with Crippen molar-refractivity contribution in [2.75, 3.05) is 19.6 Å². The summed E-state index contributed by atoms with van der Waals surface area (Å²) in [5, 5.41) is 3.35. The molecule has 3 nitrogen and oxygen atoms in total. The summed E-state index contributed by atoms with van der Waals surface area (Å²) in [6, 6.07) is 8.60. The lowest BCUT2D eigenvalue weighted by Crippen LogP contribution is -2.42. The van der Waals surface area contributed by atoms with Crippen molar-refractivity contribution in [1.29, 1.82) is 0 Å². The summed E-state index contributed by atoms with van der Waals surface area (Å²) in [6.07, 6.45) is 3.54. The molecule has 0 radical (unpaired) electrons. The predicted octanol–water partition coefficient (Wildman–Crippen LogP) is 3.40. The van der Waals surface area contributed by atoms with Gasteiger partial charge in [0.05, 0.1) is 0 Å². The average molecular weight is 376 g/mol. The zero-order valence-electron chi connectivity index (χ0n) is 12.5. The highest BCUT2D eigenvalue weighted by molar-refractivity contribution is 9.10. The van der Waals surface area contributed by atoms with Crippen molar-refractivity contribution in [2.24, 2.45) is 0 Å². The monoisotopic (exact) mass is 374 g/mol. The summed E-state index contributed by atoms with van der Waals surface area (Å²) in [5.74, 6) is 0.292. The Hall–Kier alpha value is -0.580. The summed E-state index contributed by atoms with van der Waals surface area (Å²) in [7, 11) is 0. The zero-order chi connectivity index (χ0) is 14.4. The van der Waals surface area contributed by atoms with Gasteiger partial charge in [0, 0.05) is 30.0 Å². The summed E-state index contributed by atoms with van der Waals surface area (Å²) >= 11 is 3.47. The highest BCUT2D eigenvalue weighted by Crippen LogP contribution is 2.15. The van der Waals surface area contributed by atoms with Gasteiger partial charge in [-0.1, -0.05) is 35.0 Å². The number of amides is 1. The van der Waals surface area contributed by atoms with E-state index in [0.717, 1.165) is 43.4 Å². The van der Waals surface area contributed by atoms with Crippen LogP contribution >= 0.6 is 28.3 Å². The molecule has 0 aromatic heterocycles. The van der Waals surface area contributed by atoms with Crippen LogP contribution in [-0.2, 0) is 11.2 Å². The van der Waals surface area contributed by atoms with Crippen molar-refractivity contribution in [3.63, 3.8) is 0 Å². The second-order valence-corrected chi connectivity index (χ2v) is 6.28. The number of hydrogen-bond donors (Lipinski definition) is 1. The smallest absolute Gasteiger partial charge is 0.223 e. The van der Waals surface area contributed by atoms with Crippen LogP contribution in [0.2, 0.25) is 0 Å². The number of carbonyl (C=O) groups excluding carboxylic acids is 1. The second-order valence-electron chi connectivity index (χ2n) is 5.36. The molecule has 2 rings (SSSR count). The van der Waals surface area contributed by atoms with Crippen LogP contribution in [0.15, 0.2) is 28.7 Å². The van der Waals surface area contributed by atoms with Crippen LogP contribution in [0.5, 0.6) is 0 Å². The summed E-state index contributed by atoms with van der Waals surface area (Å²) in [4.78, 5) is 14.5. The van der Waals surface area contributed by atoms with Crippen molar-refractivity contribution in [3.8, 4) is 0 Å². The highest BCUT2D eigenvalue weighted by atomic mass is 79.9. The molecule has 1 amide bonds. The molecule has 21 heavy (non-hydrogen) atoms. The van der Waals surface area contributed by atoms with Crippen LogP contribution in [0, 0.1) is 0 Å². The van der Waals surface area contributed by atoms with Gasteiger partial charge in [-0.05, 0) is 43.5 Å². The van der Waals surface area contributed by atoms with Crippen molar-refractivity contribution >= 4 is 34.2 Å². The Balaban J connectivity index is 0.00000220. The molecule has 1 heterocycles. The third-order valence-corrected chi connectivity index (χ3v) is 4.27. The topological polar surface area (TPSA) is 32.3 Å². The number of benzene rings is 1. The molecular weight excluding hydrogens is 352 g/mol. The molecule has 118 valence electrons. The number of hydrogen-bond acceptors (Lipinski definition) is 2. The van der Waals surface area contributed by atoms with Crippen LogP contribution in [0.25, 0.3) is 0 Å². The Labute approximate surface area is 142 Å². The van der Waals surface area contributed by atoms with Gasteiger partial charge in [-0.3, -0.25) is 4.79 Å². The van der Waals surface area contributed by atoms with Gasteiger partial charge in [-0.2, -0.15) is 0 Å². The maximum Gasteiger partial charge on any atom is 0.223 e. The van der Waals surface area contributed by atoms with Crippen molar-refractivity contribution < 1.29 is 4.79 Å². The molecule has 0 aliphatic carbocycles. The van der Waals surface area contributed by atoms with E-state index in [9.17, 15) is 4.79 Å². The third kappa shape index (κ3) is 5.61. The Kier molecular flexibility index (Phi) is 8.30. The number of nitrogens with zero attached hydrogens (tertiary/aromatic N) is 1. The number of halogens is 2. The van der Waals surface area contributed by atoms with Crippen LogP contribution in [0.1, 0.15) is 31.7 Å². The molecule has 1 aliphatic rings. The molecule has 1 atom stereocenters. The van der Waals surface area contributed by atoms with E-state index in [1.807, 2.05) is 12.1 Å². The number of carbonyl (C=O) groups is 1. The Bertz CT molecular complexity index is 450. The van der Waals surface area contributed by atoms with E-state index in [0.29, 0.717) is 18.4 Å². The normalized spacial score (nSPS) is 17.3. The molecule has 1 N–H and O–H groups in total. The molecule has 1 aliphatic heterocycles. The maximum atomic E-state index is 12.5. The van der Waals surface area contributed by atoms with Crippen LogP contribution in [0.4, 0.5) is 0 Å². The first-order chi connectivity index (χ1) is 9.70. The van der Waals surface area contributed by atoms with Crippen molar-refractivity contribution in [2.45, 2.75) is 38.6 Å². The number of rotatable bonds is 6. The molecule has 1 unspecified atom stereocenters. The van der Waals surface area contributed by atoms with E-state index in [4.69, 9.17) is 0 Å². The lowest BCUT2D eigenvalue weighted by Gasteiger charge is -2.28. The second kappa shape index (κ2) is 9.44. The summed E-state index contributed by atoms with van der Waals surface area (Å²) < 4.78 is 1.08. The SMILES string of the molecule is CCCN(C(=O)CCc1cccc(Br)c1)C1CCNC1.Cl. The van der Waals surface area contributed by atoms with Crippen molar-refractivity contribution in [1.82, 2.24) is 10.2 Å². The lowest BCUT2D eigenvalue weighted by atomic mass is 10.1. The van der Waals surface area contributed by atoms with Gasteiger partial charge < -0.3 is 10.2 Å². The molecule has 5 heteroatoms. The first-order valence-electron chi connectivity index (χ1n) is 7.45. The van der Waals surface area contributed by atoms with E-state index in [2.05, 4.69) is 45.2 Å². The van der Waals surface area contributed by atoms with Crippen molar-refractivity contribution in [3.05, 3.63) is 34.3 Å². The average Bonchev–Trinajstić information content (AvgIpc) is 2.96. The Morgan fingerprint density at radius 3 is 2.90 bits per heavy atom. The minimum absolute atomic E-state index is 0. The minimum Gasteiger partial charge on any atom is -0.338 e. The van der Waals surface area contributed by atoms with Gasteiger partial charge in [-0.15, -0.1) is 12.4 Å². The van der Waals surface area contributed by atoms with E-state index in [1.54, 1.807) is 0 Å². The molecule has 0 bridgehead atoms. The van der Waals surface area contributed by atoms with Crippen LogP contribution in [-0.4, -0.2) is 36.5 Å². The molecule has 1 fully saturated rings. The molecule has 1 aromatic rings. The lowest BCUT2D eigenvalue weighted by molar-refractivity contribution is -0.133. The molecule has 0 saturated carbocycles. The van der Waals surface area contributed by atoms with Gasteiger partial charge in [0.25, 0.3) is 0 Å².